The Morgan fingerprint density at radius 3 is 3.00 bits per heavy atom. The first kappa shape index (κ1) is 11.7. The Labute approximate surface area is 103 Å². The molecule has 1 heterocycles. The van der Waals surface area contributed by atoms with Gasteiger partial charge in [0.05, 0.1) is 19.8 Å². The highest BCUT2D eigenvalue weighted by Gasteiger charge is 2.19. The number of ether oxygens (including phenoxy) is 2. The number of hydrogen-bond acceptors (Lipinski definition) is 4. The van der Waals surface area contributed by atoms with Gasteiger partial charge in [0.1, 0.15) is 16.0 Å². The first-order valence-electron chi connectivity index (χ1n) is 5.11. The lowest BCUT2D eigenvalue weighted by atomic mass is 10.1. The van der Waals surface area contributed by atoms with Crippen LogP contribution in [0.25, 0.3) is 0 Å². The van der Waals surface area contributed by atoms with E-state index in [9.17, 15) is 5.11 Å². The summed E-state index contributed by atoms with van der Waals surface area (Å²) in [5.74, 6) is 0.785. The molecule has 1 aromatic rings. The fourth-order valence-corrected chi connectivity index (χ4v) is 2.11. The third-order valence-corrected chi connectivity index (χ3v) is 3.36. The van der Waals surface area contributed by atoms with Crippen LogP contribution >= 0.6 is 15.9 Å². The molecule has 88 valence electrons. The van der Waals surface area contributed by atoms with Crippen LogP contribution in [0.2, 0.25) is 0 Å². The number of phenolic OH excluding ortho intramolecular Hbond substituents is 1. The average molecular weight is 288 g/mol. The molecule has 0 bridgehead atoms. The van der Waals surface area contributed by atoms with Crippen molar-refractivity contribution in [3.63, 3.8) is 0 Å². The van der Waals surface area contributed by atoms with Crippen LogP contribution in [0.4, 0.5) is 0 Å². The number of nitrogens with one attached hydrogen (secondary N) is 1. The Bertz CT molecular complexity index is 378. The molecule has 0 amide bonds. The third-order valence-electron chi connectivity index (χ3n) is 2.56. The van der Waals surface area contributed by atoms with Crippen molar-refractivity contribution < 1.29 is 14.6 Å². The number of hydrogen-bond donors (Lipinski definition) is 2. The van der Waals surface area contributed by atoms with Crippen LogP contribution in [0, 0.1) is 0 Å². The minimum Gasteiger partial charge on any atom is -0.507 e. The monoisotopic (exact) mass is 287 g/mol. The van der Waals surface area contributed by atoms with Gasteiger partial charge in [-0.25, -0.2) is 0 Å². The number of rotatable bonds is 2. The van der Waals surface area contributed by atoms with Crippen LogP contribution in [-0.2, 0) is 4.74 Å². The van der Waals surface area contributed by atoms with Gasteiger partial charge in [0.15, 0.2) is 0 Å². The molecule has 1 aromatic carbocycles. The highest BCUT2D eigenvalue weighted by molar-refractivity contribution is 9.10. The molecule has 1 fully saturated rings. The standard InChI is InChI=1S/C11H14BrNO3/c1-15-9-5-7(4-8(14)11(9)12)10-6-13-2-3-16-10/h4-5,10,13-14H,2-3,6H2,1H3. The first-order chi connectivity index (χ1) is 7.72. The van der Waals surface area contributed by atoms with Gasteiger partial charge in [-0.15, -0.1) is 0 Å². The number of aromatic hydroxyl groups is 1. The smallest absolute Gasteiger partial charge is 0.137 e. The van der Waals surface area contributed by atoms with Crippen molar-refractivity contribution in [1.82, 2.24) is 5.32 Å². The number of morpholine rings is 1. The van der Waals surface area contributed by atoms with Crippen molar-refractivity contribution in [2.24, 2.45) is 0 Å². The van der Waals surface area contributed by atoms with E-state index in [1.165, 1.54) is 0 Å². The van der Waals surface area contributed by atoms with E-state index >= 15 is 0 Å². The molecule has 2 N–H and O–H groups in total. The molecule has 0 saturated carbocycles. The Morgan fingerprint density at radius 1 is 1.56 bits per heavy atom. The van der Waals surface area contributed by atoms with Crippen LogP contribution in [-0.4, -0.2) is 31.9 Å². The van der Waals surface area contributed by atoms with Gasteiger partial charge in [0, 0.05) is 13.1 Å². The zero-order valence-corrected chi connectivity index (χ0v) is 10.6. The zero-order valence-electron chi connectivity index (χ0n) is 9.00. The molecule has 16 heavy (non-hydrogen) atoms. The van der Waals surface area contributed by atoms with Gasteiger partial charge in [-0.1, -0.05) is 0 Å². The molecule has 1 aliphatic heterocycles. The normalized spacial score (nSPS) is 20.8. The highest BCUT2D eigenvalue weighted by Crippen LogP contribution is 2.37. The van der Waals surface area contributed by atoms with E-state index in [0.29, 0.717) is 16.8 Å². The molecule has 1 atom stereocenters. The second kappa shape index (κ2) is 5.03. The lowest BCUT2D eigenvalue weighted by Crippen LogP contribution is -2.33. The van der Waals surface area contributed by atoms with Gasteiger partial charge >= 0.3 is 0 Å². The van der Waals surface area contributed by atoms with Gasteiger partial charge in [0.25, 0.3) is 0 Å². The molecule has 4 nitrogen and oxygen atoms in total. The van der Waals surface area contributed by atoms with E-state index in [1.54, 1.807) is 13.2 Å². The van der Waals surface area contributed by atoms with Crippen LogP contribution in [0.15, 0.2) is 16.6 Å². The summed E-state index contributed by atoms with van der Waals surface area (Å²) in [4.78, 5) is 0. The van der Waals surface area contributed by atoms with Gasteiger partial charge < -0.3 is 19.9 Å². The zero-order chi connectivity index (χ0) is 11.5. The van der Waals surface area contributed by atoms with Gasteiger partial charge in [0.2, 0.25) is 0 Å². The summed E-state index contributed by atoms with van der Waals surface area (Å²) in [6, 6.07) is 3.58. The van der Waals surface area contributed by atoms with Crippen molar-refractivity contribution in [2.75, 3.05) is 26.8 Å². The molecule has 0 aromatic heterocycles. The molecule has 0 radical (unpaired) electrons. The van der Waals surface area contributed by atoms with E-state index in [-0.39, 0.29) is 11.9 Å². The second-order valence-corrected chi connectivity index (χ2v) is 4.41. The fourth-order valence-electron chi connectivity index (χ4n) is 1.72. The molecular weight excluding hydrogens is 274 g/mol. The Hall–Kier alpha value is -0.780. The third kappa shape index (κ3) is 2.31. The second-order valence-electron chi connectivity index (χ2n) is 3.62. The maximum absolute atomic E-state index is 9.74. The fraction of sp³-hybridized carbons (Fsp3) is 0.455. The number of halogens is 1. The quantitative estimate of drug-likeness (QED) is 0.871. The summed E-state index contributed by atoms with van der Waals surface area (Å²) in [5.41, 5.74) is 0.921. The molecular formula is C11H14BrNO3. The lowest BCUT2D eigenvalue weighted by molar-refractivity contribution is 0.0274. The average Bonchev–Trinajstić information content (AvgIpc) is 2.33. The highest BCUT2D eigenvalue weighted by atomic mass is 79.9. The predicted octanol–water partition coefficient (Wildman–Crippen LogP) is 1.82. The van der Waals surface area contributed by atoms with Crippen LogP contribution < -0.4 is 10.1 Å². The molecule has 0 spiro atoms. The Morgan fingerprint density at radius 2 is 2.38 bits per heavy atom. The van der Waals surface area contributed by atoms with Crippen LogP contribution in [0.3, 0.4) is 0 Å². The number of methoxy groups -OCH3 is 1. The lowest BCUT2D eigenvalue weighted by Gasteiger charge is -2.24. The minimum absolute atomic E-state index is 0.0263. The van der Waals surface area contributed by atoms with Crippen molar-refractivity contribution in [3.05, 3.63) is 22.2 Å². The SMILES string of the molecule is COc1cc(C2CNCCO2)cc(O)c1Br. The summed E-state index contributed by atoms with van der Waals surface area (Å²) in [6.45, 7) is 2.31. The van der Waals surface area contributed by atoms with E-state index in [2.05, 4.69) is 21.2 Å². The summed E-state index contributed by atoms with van der Waals surface area (Å²) < 4.78 is 11.4. The maximum Gasteiger partial charge on any atom is 0.137 e. The molecule has 0 aliphatic carbocycles. The van der Waals surface area contributed by atoms with E-state index in [1.807, 2.05) is 6.07 Å². The van der Waals surface area contributed by atoms with Crippen LogP contribution in [0.5, 0.6) is 11.5 Å². The Kier molecular flexibility index (Phi) is 3.68. The van der Waals surface area contributed by atoms with Gasteiger partial charge in [-0.2, -0.15) is 0 Å². The largest absolute Gasteiger partial charge is 0.507 e. The Balaban J connectivity index is 2.29. The molecule has 1 unspecified atom stereocenters. The van der Waals surface area contributed by atoms with Crippen LogP contribution in [0.1, 0.15) is 11.7 Å². The van der Waals surface area contributed by atoms with Crippen molar-refractivity contribution >= 4 is 15.9 Å². The summed E-state index contributed by atoms with van der Waals surface area (Å²) >= 11 is 3.27. The first-order valence-corrected chi connectivity index (χ1v) is 5.90. The molecule has 5 heteroatoms. The summed E-state index contributed by atoms with van der Waals surface area (Å²) in [7, 11) is 1.57. The van der Waals surface area contributed by atoms with Gasteiger partial charge in [-0.3, -0.25) is 0 Å². The van der Waals surface area contributed by atoms with E-state index in [0.717, 1.165) is 18.7 Å². The number of phenols is 1. The summed E-state index contributed by atoms with van der Waals surface area (Å²) in [6.07, 6.45) is -0.0263. The molecule has 2 rings (SSSR count). The maximum atomic E-state index is 9.74. The number of benzene rings is 1. The van der Waals surface area contributed by atoms with Crippen molar-refractivity contribution in [2.45, 2.75) is 6.10 Å². The molecule has 1 saturated heterocycles. The molecule has 1 aliphatic rings. The van der Waals surface area contributed by atoms with Gasteiger partial charge in [-0.05, 0) is 33.6 Å². The summed E-state index contributed by atoms with van der Waals surface area (Å²) in [5, 5.41) is 13.0. The van der Waals surface area contributed by atoms with E-state index in [4.69, 9.17) is 9.47 Å². The van der Waals surface area contributed by atoms with E-state index < -0.39 is 0 Å². The van der Waals surface area contributed by atoms with Crippen molar-refractivity contribution in [3.8, 4) is 11.5 Å². The topological polar surface area (TPSA) is 50.7 Å². The predicted molar refractivity (Wildman–Crippen MR) is 63.9 cm³/mol. The van der Waals surface area contributed by atoms with Crippen molar-refractivity contribution in [1.29, 1.82) is 0 Å². The minimum atomic E-state index is -0.0263.